The smallest absolute Gasteiger partial charge is 0.258 e. The Kier molecular flexibility index (Phi) is 4.57. The molecule has 2 unspecified atom stereocenters. The Bertz CT molecular complexity index is 808. The molecule has 2 amide bonds. The van der Waals surface area contributed by atoms with Gasteiger partial charge in [0.15, 0.2) is 0 Å². The molecule has 4 rings (SSSR count). The van der Waals surface area contributed by atoms with E-state index < -0.39 is 0 Å². The number of rotatable bonds is 4. The van der Waals surface area contributed by atoms with Crippen molar-refractivity contribution >= 4 is 17.5 Å². The topological polar surface area (TPSA) is 46.6 Å². The van der Waals surface area contributed by atoms with E-state index in [-0.39, 0.29) is 17.9 Å². The summed E-state index contributed by atoms with van der Waals surface area (Å²) in [5.74, 6) is 0.560. The Balaban J connectivity index is 1.49. The van der Waals surface area contributed by atoms with Crippen molar-refractivity contribution < 1.29 is 14.3 Å². The second kappa shape index (κ2) is 7.16. The molecule has 26 heavy (non-hydrogen) atoms. The van der Waals surface area contributed by atoms with Crippen LogP contribution in [0.3, 0.4) is 0 Å². The summed E-state index contributed by atoms with van der Waals surface area (Å²) >= 11 is 0. The van der Waals surface area contributed by atoms with Gasteiger partial charge in [-0.05, 0) is 49.1 Å². The van der Waals surface area contributed by atoms with Gasteiger partial charge >= 0.3 is 0 Å². The first-order chi connectivity index (χ1) is 12.7. The van der Waals surface area contributed by atoms with E-state index in [1.807, 2.05) is 18.2 Å². The Hall–Kier alpha value is -2.88. The minimum absolute atomic E-state index is 0.147. The highest BCUT2D eigenvalue weighted by Gasteiger charge is 2.28. The molecule has 132 valence electrons. The molecule has 0 bridgehead atoms. The quantitative estimate of drug-likeness (QED) is 0.778. The molecule has 1 aliphatic heterocycles. The van der Waals surface area contributed by atoms with Crippen LogP contribution < -0.4 is 9.64 Å². The fourth-order valence-corrected chi connectivity index (χ4v) is 3.82. The molecule has 1 heterocycles. The van der Waals surface area contributed by atoms with Gasteiger partial charge in [0.05, 0.1) is 5.69 Å². The van der Waals surface area contributed by atoms with Gasteiger partial charge in [0.1, 0.15) is 11.9 Å². The number of imide groups is 1. The third-order valence-electron chi connectivity index (χ3n) is 5.12. The number of carbonyl (C=O) groups is 2. The minimum Gasteiger partial charge on any atom is -0.490 e. The lowest BCUT2D eigenvalue weighted by Gasteiger charge is -2.32. The van der Waals surface area contributed by atoms with Crippen LogP contribution in [0.1, 0.15) is 37.2 Å². The van der Waals surface area contributed by atoms with Crippen molar-refractivity contribution in [1.82, 2.24) is 0 Å². The van der Waals surface area contributed by atoms with Gasteiger partial charge in [-0.2, -0.15) is 0 Å². The highest BCUT2D eigenvalue weighted by Crippen LogP contribution is 2.36. The zero-order valence-corrected chi connectivity index (χ0v) is 14.5. The monoisotopic (exact) mass is 347 g/mol. The molecule has 1 aliphatic carbocycles. The summed E-state index contributed by atoms with van der Waals surface area (Å²) in [7, 11) is 0. The van der Waals surface area contributed by atoms with Crippen LogP contribution >= 0.6 is 0 Å². The van der Waals surface area contributed by atoms with Crippen LogP contribution in [0.2, 0.25) is 0 Å². The number of ether oxygens (including phenoxy) is 1. The van der Waals surface area contributed by atoms with Crippen LogP contribution in [0, 0.1) is 0 Å². The van der Waals surface area contributed by atoms with Gasteiger partial charge in [0.2, 0.25) is 0 Å². The molecule has 0 radical (unpaired) electrons. The molecule has 1 fully saturated rings. The number of carbonyl (C=O) groups excluding carboxylic acids is 2. The first-order valence-corrected chi connectivity index (χ1v) is 9.10. The SMILES string of the molecule is O=C1C=CC(=O)N1c1ccc(OC2CCCCC2c2ccccc2)cc1. The third-order valence-corrected chi connectivity index (χ3v) is 5.12. The lowest BCUT2D eigenvalue weighted by molar-refractivity contribution is -0.119. The van der Waals surface area contributed by atoms with E-state index in [9.17, 15) is 9.59 Å². The first-order valence-electron chi connectivity index (χ1n) is 9.10. The number of hydrogen-bond acceptors (Lipinski definition) is 3. The molecule has 4 heteroatoms. The van der Waals surface area contributed by atoms with Crippen molar-refractivity contribution in [3.63, 3.8) is 0 Å². The molecule has 1 saturated carbocycles. The average molecular weight is 347 g/mol. The molecule has 2 aliphatic rings. The van der Waals surface area contributed by atoms with Gasteiger partial charge in [-0.25, -0.2) is 4.90 Å². The molecule has 2 aromatic carbocycles. The van der Waals surface area contributed by atoms with Crippen LogP contribution in [-0.4, -0.2) is 17.9 Å². The van der Waals surface area contributed by atoms with Crippen LogP contribution in [-0.2, 0) is 9.59 Å². The second-order valence-corrected chi connectivity index (χ2v) is 6.80. The summed E-state index contributed by atoms with van der Waals surface area (Å²) in [6, 6.07) is 17.7. The number of benzene rings is 2. The van der Waals surface area contributed by atoms with Gasteiger partial charge in [0.25, 0.3) is 11.8 Å². The molecular weight excluding hydrogens is 326 g/mol. The van der Waals surface area contributed by atoms with Crippen molar-refractivity contribution in [3.05, 3.63) is 72.3 Å². The number of nitrogens with zero attached hydrogens (tertiary/aromatic N) is 1. The second-order valence-electron chi connectivity index (χ2n) is 6.80. The van der Waals surface area contributed by atoms with Crippen LogP contribution in [0.4, 0.5) is 5.69 Å². The van der Waals surface area contributed by atoms with Crippen molar-refractivity contribution in [2.45, 2.75) is 37.7 Å². The Labute approximate surface area is 153 Å². The lowest BCUT2D eigenvalue weighted by atomic mass is 9.81. The Morgan fingerprint density at radius 2 is 1.46 bits per heavy atom. The fourth-order valence-electron chi connectivity index (χ4n) is 3.82. The predicted molar refractivity (Wildman–Crippen MR) is 100 cm³/mol. The van der Waals surface area contributed by atoms with E-state index in [2.05, 4.69) is 24.3 Å². The summed E-state index contributed by atoms with van der Waals surface area (Å²) < 4.78 is 6.29. The molecule has 2 aromatic rings. The Morgan fingerprint density at radius 1 is 0.808 bits per heavy atom. The van der Waals surface area contributed by atoms with Gasteiger partial charge in [-0.1, -0.05) is 36.8 Å². The predicted octanol–water partition coefficient (Wildman–Crippen LogP) is 4.22. The lowest BCUT2D eigenvalue weighted by Crippen LogP contribution is -2.30. The van der Waals surface area contributed by atoms with E-state index in [4.69, 9.17) is 4.74 Å². The Morgan fingerprint density at radius 3 is 2.15 bits per heavy atom. The van der Waals surface area contributed by atoms with Gasteiger partial charge in [0, 0.05) is 18.1 Å². The van der Waals surface area contributed by atoms with E-state index >= 15 is 0 Å². The number of amides is 2. The first kappa shape index (κ1) is 16.6. The zero-order chi connectivity index (χ0) is 17.9. The largest absolute Gasteiger partial charge is 0.490 e. The fraction of sp³-hybridized carbons (Fsp3) is 0.273. The third kappa shape index (κ3) is 3.27. The minimum atomic E-state index is -0.305. The number of anilines is 1. The van der Waals surface area contributed by atoms with E-state index in [1.54, 1.807) is 12.1 Å². The van der Waals surface area contributed by atoms with Gasteiger partial charge < -0.3 is 4.74 Å². The highest BCUT2D eigenvalue weighted by molar-refractivity contribution is 6.28. The molecule has 0 aromatic heterocycles. The van der Waals surface area contributed by atoms with E-state index in [1.165, 1.54) is 30.6 Å². The summed E-state index contributed by atoms with van der Waals surface area (Å²) in [5.41, 5.74) is 1.90. The number of hydrogen-bond donors (Lipinski definition) is 0. The van der Waals surface area contributed by atoms with E-state index in [0.717, 1.165) is 23.5 Å². The van der Waals surface area contributed by atoms with Crippen LogP contribution in [0.5, 0.6) is 5.75 Å². The van der Waals surface area contributed by atoms with Crippen molar-refractivity contribution in [2.75, 3.05) is 4.90 Å². The van der Waals surface area contributed by atoms with Crippen molar-refractivity contribution in [3.8, 4) is 5.75 Å². The standard InChI is InChI=1S/C22H21NO3/c24-21-14-15-22(25)23(21)17-10-12-18(13-11-17)26-20-9-5-4-8-19(20)16-6-2-1-3-7-16/h1-3,6-7,10-15,19-20H,4-5,8-9H2. The maximum Gasteiger partial charge on any atom is 0.258 e. The normalized spacial score (nSPS) is 22.7. The van der Waals surface area contributed by atoms with E-state index in [0.29, 0.717) is 11.6 Å². The van der Waals surface area contributed by atoms with Crippen LogP contribution in [0.15, 0.2) is 66.7 Å². The maximum absolute atomic E-state index is 11.8. The van der Waals surface area contributed by atoms with Crippen molar-refractivity contribution in [1.29, 1.82) is 0 Å². The van der Waals surface area contributed by atoms with Gasteiger partial charge in [-0.3, -0.25) is 9.59 Å². The zero-order valence-electron chi connectivity index (χ0n) is 14.5. The maximum atomic E-state index is 11.8. The van der Waals surface area contributed by atoms with Crippen molar-refractivity contribution in [2.24, 2.45) is 0 Å². The molecule has 2 atom stereocenters. The summed E-state index contributed by atoms with van der Waals surface area (Å²) in [5, 5.41) is 0. The summed E-state index contributed by atoms with van der Waals surface area (Å²) in [4.78, 5) is 24.7. The molecular formula is C22H21NO3. The van der Waals surface area contributed by atoms with Crippen LogP contribution in [0.25, 0.3) is 0 Å². The summed E-state index contributed by atoms with van der Waals surface area (Å²) in [6.07, 6.45) is 7.30. The average Bonchev–Trinajstić information content (AvgIpc) is 3.02. The molecule has 0 spiro atoms. The highest BCUT2D eigenvalue weighted by atomic mass is 16.5. The summed E-state index contributed by atoms with van der Waals surface area (Å²) in [6.45, 7) is 0. The molecule has 0 saturated heterocycles. The van der Waals surface area contributed by atoms with Gasteiger partial charge in [-0.15, -0.1) is 0 Å². The molecule has 4 nitrogen and oxygen atoms in total. The molecule has 0 N–H and O–H groups in total.